The highest BCUT2D eigenvalue weighted by molar-refractivity contribution is 6.31. The van der Waals surface area contributed by atoms with E-state index >= 15 is 0 Å². The third-order valence-corrected chi connectivity index (χ3v) is 18.7. The Hall–Kier alpha value is -9.92. The number of phenolic OH excluding ortho intramolecular Hbond substituents is 3. The number of aryl methyl sites for hydroxylation is 1. The fourth-order valence-electron chi connectivity index (χ4n) is 13.5. The van der Waals surface area contributed by atoms with Gasteiger partial charge in [-0.3, -0.25) is 58.1 Å². The molecule has 0 spiro atoms. The van der Waals surface area contributed by atoms with E-state index in [0.717, 1.165) is 12.5 Å². The zero-order valence-electron chi connectivity index (χ0n) is 57.2. The highest BCUT2D eigenvalue weighted by atomic mass is 16.7. The van der Waals surface area contributed by atoms with Gasteiger partial charge in [-0.15, -0.1) is 0 Å². The van der Waals surface area contributed by atoms with Crippen molar-refractivity contribution >= 4 is 70.6 Å². The van der Waals surface area contributed by atoms with Crippen molar-refractivity contribution in [1.82, 2.24) is 42.1 Å². The Balaban J connectivity index is 1.02. The van der Waals surface area contributed by atoms with Gasteiger partial charge in [-0.25, -0.2) is 4.79 Å². The van der Waals surface area contributed by atoms with Crippen molar-refractivity contribution in [2.45, 2.75) is 184 Å². The number of ether oxygens (including phenoxy) is 3. The lowest BCUT2D eigenvalue weighted by Crippen LogP contribution is -2.61. The number of carboxylic acids is 1. The first-order valence-corrected chi connectivity index (χ1v) is 33.8. The molecule has 12 atom stereocenters. The molecule has 31 heteroatoms. The van der Waals surface area contributed by atoms with Crippen LogP contribution in [0.25, 0.3) is 0 Å². The number of rotatable bonds is 33. The zero-order valence-corrected chi connectivity index (χ0v) is 57.2. The molecule has 0 unspecified atom stereocenters. The number of likely N-dealkylation sites (tertiary alicyclic amines) is 1. The molecule has 31 nitrogen and oxygen atoms in total. The summed E-state index contributed by atoms with van der Waals surface area (Å²) in [4.78, 5) is 165. The molecular formula is C71H89N9O22. The molecule has 2 aliphatic heterocycles. The van der Waals surface area contributed by atoms with Crippen LogP contribution in [-0.2, 0) is 71.9 Å². The van der Waals surface area contributed by atoms with Crippen molar-refractivity contribution in [2.75, 3.05) is 33.4 Å². The number of nitrogens with one attached hydrogen (secondary N) is 7. The maximum Gasteiger partial charge on any atom is 0.312 e. The number of amides is 8. The molecule has 8 amide bonds. The van der Waals surface area contributed by atoms with E-state index in [1.54, 1.807) is 44.2 Å². The van der Waals surface area contributed by atoms with Gasteiger partial charge < -0.3 is 92.5 Å². The predicted octanol–water partition coefficient (Wildman–Crippen LogP) is 0.577. The van der Waals surface area contributed by atoms with Gasteiger partial charge in [0.1, 0.15) is 65.5 Å². The summed E-state index contributed by atoms with van der Waals surface area (Å²) < 4.78 is 17.9. The molecule has 4 aliphatic rings. The number of hydrogen-bond acceptors (Lipinski definition) is 22. The standard InChI is InChI=1S/C71H89N9O22/c1-35(2)28-47(67(95)77-46-30-55(101-36(3)60(46)88)102-51-32-71(99,52(84)34-81)31-42-57(51)65(93)59-58(62(42)90)61(89)41-14-9-17-50(100-5)56(41)64(59)92)78-68(96)48(29-39-18-21-40(83)22-19-39)79-66(94)44(23-20-38-12-7-6-8-13-38)76-53(85)33-74-43(15-10-26-73-70(72)98)63(91)49-16-11-27-80(49)69(97)45(75-37(4)82)24-25-54(86)87/h6-9,12-14,17-19,21-22,35-36,43-49,51,55,60,74,81,83,88,90,93,99H,10-11,15-16,20,23-34H2,1-5H3,(H,75,82)(H,76,85)(H,77,95)(H,78,96)(H,79,94)(H,86,87)(H3,72,73,98)/t36-,43+,44-,45-,46-,47-,48-,49+,51-,55-,60+,71-/m0/s1. The van der Waals surface area contributed by atoms with Crippen LogP contribution >= 0.6 is 0 Å². The summed E-state index contributed by atoms with van der Waals surface area (Å²) in [6, 6.07) is 8.97. The minimum absolute atomic E-state index is 0.00740. The number of aliphatic carboxylic acids is 1. The number of ketones is 4. The van der Waals surface area contributed by atoms with Gasteiger partial charge in [0.2, 0.25) is 41.2 Å². The molecule has 4 aromatic carbocycles. The van der Waals surface area contributed by atoms with Gasteiger partial charge in [-0.1, -0.05) is 68.4 Å². The SMILES string of the molecule is COc1cccc2c1C(=O)c1c(O)c3c(c(O)c1C2=O)C[C@@](O)(C(=O)CO)C[C@@H]3O[C@H]1C[C@H](NC(=O)[C@H](CC(C)C)NC(=O)[C@H](Cc2ccc(O)cc2)NC(=O)[C@H](CCc2ccccc2)NC(=O)CN[C@H](CCCNC(N)=O)C(=O)[C@H]2CCCN2C(=O)[C@H](CCC(=O)O)NC(C)=O)[C@H](O)[C@H](C)O1. The molecule has 102 heavy (non-hydrogen) atoms. The summed E-state index contributed by atoms with van der Waals surface area (Å²) in [6.07, 6.45) is -7.70. The van der Waals surface area contributed by atoms with E-state index in [0.29, 0.717) is 12.0 Å². The second-order valence-electron chi connectivity index (χ2n) is 26.5. The largest absolute Gasteiger partial charge is 0.508 e. The number of aliphatic hydroxyl groups excluding tert-OH is 2. The fourth-order valence-corrected chi connectivity index (χ4v) is 13.5. The van der Waals surface area contributed by atoms with Crippen LogP contribution in [0.15, 0.2) is 72.8 Å². The third kappa shape index (κ3) is 19.0. The summed E-state index contributed by atoms with van der Waals surface area (Å²) in [6.45, 7) is 4.49. The topological polar surface area (TPSA) is 488 Å². The van der Waals surface area contributed by atoms with Gasteiger partial charge in [-0.05, 0) is 93.5 Å². The monoisotopic (exact) mass is 1420 g/mol. The number of fused-ring (bicyclic) bond motifs is 3. The molecule has 8 rings (SSSR count). The van der Waals surface area contributed by atoms with Crippen molar-refractivity contribution < 1.29 is 107 Å². The zero-order chi connectivity index (χ0) is 74.4. The van der Waals surface area contributed by atoms with Crippen molar-refractivity contribution in [3.63, 3.8) is 0 Å². The van der Waals surface area contributed by atoms with Gasteiger partial charge in [-0.2, -0.15) is 0 Å². The maximum atomic E-state index is 14.9. The van der Waals surface area contributed by atoms with Gasteiger partial charge in [0.25, 0.3) is 0 Å². The molecule has 0 aromatic heterocycles. The molecule has 4 aromatic rings. The first kappa shape index (κ1) is 77.8. The lowest BCUT2D eigenvalue weighted by molar-refractivity contribution is -0.249. The van der Waals surface area contributed by atoms with E-state index in [4.69, 9.17) is 19.9 Å². The number of nitrogens with zero attached hydrogens (tertiary/aromatic N) is 1. The average molecular weight is 1420 g/mol. The van der Waals surface area contributed by atoms with Crippen molar-refractivity contribution in [1.29, 1.82) is 0 Å². The highest BCUT2D eigenvalue weighted by Crippen LogP contribution is 2.53. The smallest absolute Gasteiger partial charge is 0.312 e. The number of carboxylic acid groups (broad SMARTS) is 1. The van der Waals surface area contributed by atoms with Crippen LogP contribution in [-0.4, -0.2) is 211 Å². The molecule has 2 saturated heterocycles. The molecular weight excluding hydrogens is 1330 g/mol. The van der Waals surface area contributed by atoms with Crippen LogP contribution in [0.5, 0.6) is 23.0 Å². The Morgan fingerprint density at radius 3 is 2.12 bits per heavy atom. The number of Topliss-reactive ketones (excluding diaryl/α,β-unsaturated/α-hetero) is 2. The number of aliphatic hydroxyl groups is 3. The lowest BCUT2D eigenvalue weighted by atomic mass is 9.72. The van der Waals surface area contributed by atoms with E-state index in [-0.39, 0.29) is 104 Å². The predicted molar refractivity (Wildman–Crippen MR) is 360 cm³/mol. The quantitative estimate of drug-likeness (QED) is 0.0202. The van der Waals surface area contributed by atoms with Crippen LogP contribution in [0.2, 0.25) is 0 Å². The lowest BCUT2D eigenvalue weighted by Gasteiger charge is -2.43. The second-order valence-corrected chi connectivity index (χ2v) is 26.5. The number of benzene rings is 4. The number of hydrogen-bond donors (Lipinski definition) is 15. The Kier molecular flexibility index (Phi) is 26.4. The molecule has 0 bridgehead atoms. The van der Waals surface area contributed by atoms with Crippen LogP contribution in [0, 0.1) is 5.92 Å². The molecule has 2 fully saturated rings. The Morgan fingerprint density at radius 2 is 1.46 bits per heavy atom. The number of carbonyl (C=O) groups excluding carboxylic acids is 11. The summed E-state index contributed by atoms with van der Waals surface area (Å²) >= 11 is 0. The van der Waals surface area contributed by atoms with Crippen molar-refractivity contribution in [3.05, 3.63) is 117 Å². The Bertz CT molecular complexity index is 3820. The minimum atomic E-state index is -2.50. The first-order valence-electron chi connectivity index (χ1n) is 33.8. The van der Waals surface area contributed by atoms with Crippen LogP contribution in [0.1, 0.15) is 152 Å². The van der Waals surface area contributed by atoms with Gasteiger partial charge in [0, 0.05) is 68.8 Å². The fraction of sp³-hybridized carbons (Fsp3) is 0.493. The van der Waals surface area contributed by atoms with Gasteiger partial charge in [0.05, 0.1) is 60.7 Å². The molecule has 550 valence electrons. The number of carbonyl (C=O) groups is 12. The van der Waals surface area contributed by atoms with Crippen molar-refractivity contribution in [3.8, 4) is 23.0 Å². The second kappa shape index (κ2) is 34.6. The average Bonchev–Trinajstić information content (AvgIpc) is 0.791. The van der Waals surface area contributed by atoms with Crippen LogP contribution in [0.4, 0.5) is 4.79 Å². The number of nitrogens with two attached hydrogens (primary N) is 1. The number of urea groups is 1. The summed E-state index contributed by atoms with van der Waals surface area (Å²) in [7, 11) is 1.27. The van der Waals surface area contributed by atoms with E-state index in [9.17, 15) is 93.3 Å². The number of methoxy groups -OCH3 is 1. The molecule has 0 radical (unpaired) electrons. The maximum absolute atomic E-state index is 14.9. The van der Waals surface area contributed by atoms with Gasteiger partial charge in [0.15, 0.2) is 23.6 Å². The summed E-state index contributed by atoms with van der Waals surface area (Å²) in [5, 5.41) is 96.1. The molecule has 0 saturated carbocycles. The van der Waals surface area contributed by atoms with Crippen molar-refractivity contribution in [2.24, 2.45) is 11.7 Å². The number of primary amides is 1. The normalized spacial score (nSPS) is 21.3. The Labute approximate surface area is 587 Å². The molecule has 2 heterocycles. The van der Waals surface area contributed by atoms with E-state index in [1.807, 2.05) is 0 Å². The number of aromatic hydroxyl groups is 3. The van der Waals surface area contributed by atoms with Gasteiger partial charge >= 0.3 is 12.0 Å². The third-order valence-electron chi connectivity index (χ3n) is 18.7. The van der Waals surface area contributed by atoms with E-state index < -0.39 is 205 Å². The molecule has 16 N–H and O–H groups in total. The van der Waals surface area contributed by atoms with Crippen LogP contribution in [0.3, 0.4) is 0 Å². The highest BCUT2D eigenvalue weighted by Gasteiger charge is 2.51. The van der Waals surface area contributed by atoms with E-state index in [1.165, 1.54) is 61.4 Å². The Morgan fingerprint density at radius 1 is 0.775 bits per heavy atom. The minimum Gasteiger partial charge on any atom is -0.508 e. The summed E-state index contributed by atoms with van der Waals surface area (Å²) in [5.74, 6) is -11.4. The van der Waals surface area contributed by atoms with E-state index in [2.05, 4.69) is 37.2 Å². The molecule has 2 aliphatic carbocycles. The first-order chi connectivity index (χ1) is 48.4. The number of phenols is 3. The van der Waals surface area contributed by atoms with Crippen LogP contribution < -0.4 is 47.7 Å². The summed E-state index contributed by atoms with van der Waals surface area (Å²) in [5.41, 5.74) is 1.72.